The monoisotopic (exact) mass is 284 g/mol. The van der Waals surface area contributed by atoms with Crippen LogP contribution in [0.2, 0.25) is 0 Å². The molecule has 1 saturated heterocycles. The summed E-state index contributed by atoms with van der Waals surface area (Å²) < 4.78 is 4.87. The van der Waals surface area contributed by atoms with Crippen LogP contribution in [0.15, 0.2) is 0 Å². The predicted octanol–water partition coefficient (Wildman–Crippen LogP) is 0.683. The molecule has 0 radical (unpaired) electrons. The average Bonchev–Trinajstić information content (AvgIpc) is 3.11. The third-order valence-electron chi connectivity index (χ3n) is 3.62. The van der Waals surface area contributed by atoms with E-state index in [1.54, 1.807) is 6.92 Å². The molecule has 1 atom stereocenters. The number of ether oxygens (including phenoxy) is 1. The van der Waals surface area contributed by atoms with E-state index in [0.717, 1.165) is 12.8 Å². The molecule has 1 saturated carbocycles. The number of likely N-dealkylation sites (tertiary alicyclic amines) is 1. The molecule has 2 rings (SSSR count). The molecule has 0 spiro atoms. The van der Waals surface area contributed by atoms with Crippen LogP contribution in [-0.2, 0) is 14.3 Å². The molecule has 1 N–H and O–H groups in total. The highest BCUT2D eigenvalue weighted by atomic mass is 16.5. The van der Waals surface area contributed by atoms with Crippen LogP contribution in [0.1, 0.15) is 32.6 Å². The van der Waals surface area contributed by atoms with E-state index < -0.39 is 18.0 Å². The normalized spacial score (nSPS) is 21.6. The minimum absolute atomic E-state index is 0.0435. The van der Waals surface area contributed by atoms with Gasteiger partial charge >= 0.3 is 18.0 Å². The fourth-order valence-electron chi connectivity index (χ4n) is 2.50. The number of esters is 1. The molecule has 0 unspecified atom stereocenters. The standard InChI is InChI=1S/C13H20N2O5/c1-2-20-11(16)8-15(9-5-6-9)13(19)14-7-3-4-10(14)12(17)18/h9-10H,2-8H2,1H3,(H,17,18)/t10-/m1/s1. The Kier molecular flexibility index (Phi) is 4.46. The third kappa shape index (κ3) is 3.20. The minimum atomic E-state index is -0.984. The molecule has 2 fully saturated rings. The van der Waals surface area contributed by atoms with Crippen LogP contribution in [0.5, 0.6) is 0 Å². The van der Waals surface area contributed by atoms with E-state index in [0.29, 0.717) is 19.4 Å². The lowest BCUT2D eigenvalue weighted by Gasteiger charge is -2.29. The van der Waals surface area contributed by atoms with Gasteiger partial charge < -0.3 is 19.6 Å². The Morgan fingerprint density at radius 1 is 1.30 bits per heavy atom. The van der Waals surface area contributed by atoms with Crippen molar-refractivity contribution < 1.29 is 24.2 Å². The first kappa shape index (κ1) is 14.6. The van der Waals surface area contributed by atoms with E-state index in [2.05, 4.69) is 0 Å². The van der Waals surface area contributed by atoms with Crippen LogP contribution in [0, 0.1) is 0 Å². The summed E-state index contributed by atoms with van der Waals surface area (Å²) in [5.74, 6) is -1.43. The van der Waals surface area contributed by atoms with Crippen LogP contribution in [-0.4, -0.2) is 64.7 Å². The summed E-state index contributed by atoms with van der Waals surface area (Å²) in [6, 6.07) is -1.08. The molecule has 1 aliphatic heterocycles. The number of urea groups is 1. The number of aliphatic carboxylic acids is 1. The maximum Gasteiger partial charge on any atom is 0.326 e. The lowest BCUT2D eigenvalue weighted by Crippen LogP contribution is -2.50. The van der Waals surface area contributed by atoms with Crippen molar-refractivity contribution in [3.8, 4) is 0 Å². The Bertz CT molecular complexity index is 408. The quantitative estimate of drug-likeness (QED) is 0.750. The summed E-state index contributed by atoms with van der Waals surface area (Å²) in [5, 5.41) is 9.13. The van der Waals surface area contributed by atoms with E-state index >= 15 is 0 Å². The van der Waals surface area contributed by atoms with Gasteiger partial charge in [0.2, 0.25) is 0 Å². The van der Waals surface area contributed by atoms with Crippen molar-refractivity contribution >= 4 is 18.0 Å². The maximum absolute atomic E-state index is 12.5. The van der Waals surface area contributed by atoms with Gasteiger partial charge in [-0.15, -0.1) is 0 Å². The van der Waals surface area contributed by atoms with E-state index in [9.17, 15) is 14.4 Å². The summed E-state index contributed by atoms with van der Waals surface area (Å²) in [6.45, 7) is 2.32. The van der Waals surface area contributed by atoms with Gasteiger partial charge in [0.1, 0.15) is 12.6 Å². The number of carboxylic acid groups (broad SMARTS) is 1. The Morgan fingerprint density at radius 2 is 2.00 bits per heavy atom. The van der Waals surface area contributed by atoms with Gasteiger partial charge in [-0.05, 0) is 32.6 Å². The highest BCUT2D eigenvalue weighted by Gasteiger charge is 2.41. The molecular weight excluding hydrogens is 264 g/mol. The van der Waals surface area contributed by atoms with Gasteiger partial charge in [0.15, 0.2) is 0 Å². The lowest BCUT2D eigenvalue weighted by atomic mass is 10.2. The number of carboxylic acids is 1. The van der Waals surface area contributed by atoms with Gasteiger partial charge in [0.05, 0.1) is 6.61 Å². The molecule has 1 heterocycles. The first-order chi connectivity index (χ1) is 9.54. The van der Waals surface area contributed by atoms with Gasteiger partial charge in [-0.2, -0.15) is 0 Å². The Hall–Kier alpha value is -1.79. The largest absolute Gasteiger partial charge is 0.480 e. The molecule has 20 heavy (non-hydrogen) atoms. The van der Waals surface area contributed by atoms with E-state index in [-0.39, 0.29) is 25.2 Å². The van der Waals surface area contributed by atoms with Gasteiger partial charge in [-0.25, -0.2) is 9.59 Å². The number of hydrogen-bond acceptors (Lipinski definition) is 4. The van der Waals surface area contributed by atoms with Crippen LogP contribution in [0.3, 0.4) is 0 Å². The van der Waals surface area contributed by atoms with Crippen LogP contribution in [0.25, 0.3) is 0 Å². The molecular formula is C13H20N2O5. The summed E-state index contributed by atoms with van der Waals surface area (Å²) in [5.41, 5.74) is 0. The zero-order valence-corrected chi connectivity index (χ0v) is 11.6. The summed E-state index contributed by atoms with van der Waals surface area (Å²) in [4.78, 5) is 38.0. The Balaban J connectivity index is 2.03. The average molecular weight is 284 g/mol. The van der Waals surface area contributed by atoms with Crippen molar-refractivity contribution in [1.82, 2.24) is 9.80 Å². The zero-order chi connectivity index (χ0) is 14.7. The molecule has 112 valence electrons. The summed E-state index contributed by atoms with van der Waals surface area (Å²) in [7, 11) is 0. The van der Waals surface area contributed by atoms with Crippen LogP contribution in [0.4, 0.5) is 4.79 Å². The van der Waals surface area contributed by atoms with Crippen molar-refractivity contribution in [2.45, 2.75) is 44.7 Å². The molecule has 7 nitrogen and oxygen atoms in total. The van der Waals surface area contributed by atoms with Crippen molar-refractivity contribution in [3.05, 3.63) is 0 Å². The first-order valence-corrected chi connectivity index (χ1v) is 7.00. The van der Waals surface area contributed by atoms with Gasteiger partial charge in [-0.1, -0.05) is 0 Å². The van der Waals surface area contributed by atoms with E-state index in [1.165, 1.54) is 9.80 Å². The molecule has 2 amide bonds. The number of nitrogens with zero attached hydrogens (tertiary/aromatic N) is 2. The summed E-state index contributed by atoms with van der Waals surface area (Å²) in [6.07, 6.45) is 2.87. The van der Waals surface area contributed by atoms with Gasteiger partial charge in [0.25, 0.3) is 0 Å². The highest BCUT2D eigenvalue weighted by molar-refractivity contribution is 5.86. The minimum Gasteiger partial charge on any atom is -0.480 e. The van der Waals surface area contributed by atoms with Crippen molar-refractivity contribution in [3.63, 3.8) is 0 Å². The molecule has 0 bridgehead atoms. The van der Waals surface area contributed by atoms with Crippen LogP contribution < -0.4 is 0 Å². The molecule has 7 heteroatoms. The smallest absolute Gasteiger partial charge is 0.326 e. The van der Waals surface area contributed by atoms with Gasteiger partial charge in [-0.3, -0.25) is 4.79 Å². The molecule has 2 aliphatic rings. The van der Waals surface area contributed by atoms with Crippen LogP contribution >= 0.6 is 0 Å². The Labute approximate surface area is 117 Å². The summed E-state index contributed by atoms with van der Waals surface area (Å²) >= 11 is 0. The SMILES string of the molecule is CCOC(=O)CN(C(=O)N1CCC[C@@H]1C(=O)O)C1CC1. The third-order valence-corrected chi connectivity index (χ3v) is 3.62. The van der Waals surface area contributed by atoms with E-state index in [4.69, 9.17) is 9.84 Å². The molecule has 0 aromatic rings. The van der Waals surface area contributed by atoms with Gasteiger partial charge in [0, 0.05) is 12.6 Å². The number of hydrogen-bond donors (Lipinski definition) is 1. The van der Waals surface area contributed by atoms with E-state index in [1.807, 2.05) is 0 Å². The van der Waals surface area contributed by atoms with Crippen molar-refractivity contribution in [1.29, 1.82) is 0 Å². The fourth-order valence-corrected chi connectivity index (χ4v) is 2.50. The topological polar surface area (TPSA) is 87.2 Å². The van der Waals surface area contributed by atoms with Crippen molar-refractivity contribution in [2.75, 3.05) is 19.7 Å². The number of rotatable bonds is 5. The van der Waals surface area contributed by atoms with Crippen molar-refractivity contribution in [2.24, 2.45) is 0 Å². The zero-order valence-electron chi connectivity index (χ0n) is 11.6. The number of amides is 2. The maximum atomic E-state index is 12.5. The highest BCUT2D eigenvalue weighted by Crippen LogP contribution is 2.29. The Morgan fingerprint density at radius 3 is 2.55 bits per heavy atom. The number of carbonyl (C=O) groups is 3. The first-order valence-electron chi connectivity index (χ1n) is 7.00. The second-order valence-corrected chi connectivity index (χ2v) is 5.14. The predicted molar refractivity (Wildman–Crippen MR) is 69.1 cm³/mol. The molecule has 1 aliphatic carbocycles. The number of carbonyl (C=O) groups excluding carboxylic acids is 2. The second-order valence-electron chi connectivity index (χ2n) is 5.14. The lowest BCUT2D eigenvalue weighted by molar-refractivity contribution is -0.144. The molecule has 0 aromatic heterocycles. The fraction of sp³-hybridized carbons (Fsp3) is 0.769. The molecule has 0 aromatic carbocycles. The second kappa shape index (κ2) is 6.11.